The molecule has 1 saturated carbocycles. The smallest absolute Gasteiger partial charge is 0.242 e. The largest absolute Gasteiger partial charge is 0.337 e. The fourth-order valence-corrected chi connectivity index (χ4v) is 3.04. The Kier molecular flexibility index (Phi) is 6.79. The van der Waals surface area contributed by atoms with Crippen LogP contribution in [0.5, 0.6) is 0 Å². The summed E-state index contributed by atoms with van der Waals surface area (Å²) < 4.78 is 0. The van der Waals surface area contributed by atoms with Gasteiger partial charge in [-0.3, -0.25) is 4.79 Å². The minimum atomic E-state index is -0.674. The number of carbonyl (C=O) groups is 1. The molecule has 2 N–H and O–H groups in total. The molecule has 3 nitrogen and oxygen atoms in total. The lowest BCUT2D eigenvalue weighted by atomic mass is 9.97. The molecule has 0 unspecified atom stereocenters. The minimum absolute atomic E-state index is 0. The Morgan fingerprint density at radius 2 is 1.90 bits per heavy atom. The van der Waals surface area contributed by atoms with Crippen LogP contribution < -0.4 is 5.73 Å². The van der Waals surface area contributed by atoms with Gasteiger partial charge in [-0.2, -0.15) is 0 Å². The summed E-state index contributed by atoms with van der Waals surface area (Å²) in [5.41, 5.74) is 6.54. The number of hydrogen-bond acceptors (Lipinski definition) is 2. The van der Waals surface area contributed by atoms with E-state index >= 15 is 0 Å². The predicted molar refractivity (Wildman–Crippen MR) is 90.2 cm³/mol. The van der Waals surface area contributed by atoms with Crippen molar-refractivity contribution in [2.24, 2.45) is 5.73 Å². The second-order valence-electron chi connectivity index (χ2n) is 5.43. The van der Waals surface area contributed by atoms with Crippen LogP contribution in [0.4, 0.5) is 0 Å². The van der Waals surface area contributed by atoms with E-state index in [4.69, 9.17) is 28.9 Å². The lowest BCUT2D eigenvalue weighted by molar-refractivity contribution is -0.137. The molecule has 1 aliphatic rings. The SMILES string of the molecule is CCN(Cc1ccc(Cl)c(Cl)c1)C(=O)C1(N)CCCC1.Cl. The van der Waals surface area contributed by atoms with Crippen LogP contribution in [-0.2, 0) is 11.3 Å². The van der Waals surface area contributed by atoms with E-state index in [1.165, 1.54) is 0 Å². The van der Waals surface area contributed by atoms with Crippen molar-refractivity contribution < 1.29 is 4.79 Å². The molecule has 1 fully saturated rings. The second kappa shape index (κ2) is 7.68. The zero-order valence-corrected chi connectivity index (χ0v) is 14.4. The van der Waals surface area contributed by atoms with Crippen molar-refractivity contribution >= 4 is 41.5 Å². The molecule has 0 atom stereocenters. The van der Waals surface area contributed by atoms with Crippen molar-refractivity contribution in [3.63, 3.8) is 0 Å². The van der Waals surface area contributed by atoms with Gasteiger partial charge in [0.2, 0.25) is 5.91 Å². The third-order valence-corrected chi connectivity index (χ3v) is 4.69. The first-order valence-electron chi connectivity index (χ1n) is 6.98. The van der Waals surface area contributed by atoms with Crippen LogP contribution in [-0.4, -0.2) is 22.9 Å². The summed E-state index contributed by atoms with van der Waals surface area (Å²) in [4.78, 5) is 14.4. The molecular formula is C15H21Cl3N2O. The number of nitrogens with two attached hydrogens (primary N) is 1. The van der Waals surface area contributed by atoms with Gasteiger partial charge < -0.3 is 10.6 Å². The Balaban J connectivity index is 0.00000220. The van der Waals surface area contributed by atoms with Crippen LogP contribution >= 0.6 is 35.6 Å². The Bertz CT molecular complexity index is 502. The number of hydrogen-bond donors (Lipinski definition) is 1. The van der Waals surface area contributed by atoms with Gasteiger partial charge in [-0.05, 0) is 37.5 Å². The van der Waals surface area contributed by atoms with Gasteiger partial charge in [0.1, 0.15) is 0 Å². The molecule has 1 aromatic carbocycles. The van der Waals surface area contributed by atoms with E-state index in [0.717, 1.165) is 31.2 Å². The van der Waals surface area contributed by atoms with Gasteiger partial charge in [0.15, 0.2) is 0 Å². The fourth-order valence-electron chi connectivity index (χ4n) is 2.72. The third kappa shape index (κ3) is 4.26. The number of amides is 1. The highest BCUT2D eigenvalue weighted by Crippen LogP contribution is 2.30. The molecule has 6 heteroatoms. The van der Waals surface area contributed by atoms with Gasteiger partial charge in [0.05, 0.1) is 15.6 Å². The highest BCUT2D eigenvalue weighted by Gasteiger charge is 2.39. The molecule has 0 radical (unpaired) electrons. The number of nitrogens with zero attached hydrogens (tertiary/aromatic N) is 1. The van der Waals surface area contributed by atoms with Crippen molar-refractivity contribution in [1.29, 1.82) is 0 Å². The molecule has 0 saturated heterocycles. The van der Waals surface area contributed by atoms with E-state index in [1.54, 1.807) is 17.0 Å². The summed E-state index contributed by atoms with van der Waals surface area (Å²) in [5, 5.41) is 1.03. The second-order valence-corrected chi connectivity index (χ2v) is 6.25. The number of carbonyl (C=O) groups excluding carboxylic acids is 1. The quantitative estimate of drug-likeness (QED) is 0.890. The molecule has 2 rings (SSSR count). The summed E-state index contributed by atoms with van der Waals surface area (Å²) in [6.07, 6.45) is 3.63. The van der Waals surface area contributed by atoms with Crippen molar-refractivity contribution in [3.05, 3.63) is 33.8 Å². The lowest BCUT2D eigenvalue weighted by Crippen LogP contribution is -2.53. The number of halogens is 3. The number of benzene rings is 1. The highest BCUT2D eigenvalue weighted by molar-refractivity contribution is 6.42. The maximum Gasteiger partial charge on any atom is 0.242 e. The van der Waals surface area contributed by atoms with Crippen molar-refractivity contribution in [2.45, 2.75) is 44.7 Å². The lowest BCUT2D eigenvalue weighted by Gasteiger charge is -2.31. The van der Waals surface area contributed by atoms with Crippen LogP contribution in [0, 0.1) is 0 Å². The molecule has 1 aliphatic carbocycles. The third-order valence-electron chi connectivity index (χ3n) is 3.95. The average molecular weight is 352 g/mol. The average Bonchev–Trinajstić information content (AvgIpc) is 2.87. The van der Waals surface area contributed by atoms with Gasteiger partial charge >= 0.3 is 0 Å². The van der Waals surface area contributed by atoms with E-state index in [9.17, 15) is 4.79 Å². The van der Waals surface area contributed by atoms with Gasteiger partial charge in [-0.15, -0.1) is 12.4 Å². The molecule has 0 heterocycles. The first-order chi connectivity index (χ1) is 9.46. The van der Waals surface area contributed by atoms with Crippen LogP contribution in [0.1, 0.15) is 38.2 Å². The normalized spacial score (nSPS) is 16.4. The molecule has 118 valence electrons. The summed E-state index contributed by atoms with van der Waals surface area (Å²) in [6, 6.07) is 5.45. The van der Waals surface area contributed by atoms with Crippen molar-refractivity contribution in [2.75, 3.05) is 6.54 Å². The van der Waals surface area contributed by atoms with Gasteiger partial charge in [-0.1, -0.05) is 42.1 Å². The zero-order chi connectivity index (χ0) is 14.8. The Morgan fingerprint density at radius 3 is 2.43 bits per heavy atom. The Hall–Kier alpha value is -0.480. The number of likely N-dealkylation sites (N-methyl/N-ethyl adjacent to an activating group) is 1. The molecule has 1 aromatic rings. The van der Waals surface area contributed by atoms with E-state index in [-0.39, 0.29) is 18.3 Å². The molecule has 21 heavy (non-hydrogen) atoms. The molecule has 0 bridgehead atoms. The zero-order valence-electron chi connectivity index (χ0n) is 12.1. The summed E-state index contributed by atoms with van der Waals surface area (Å²) in [5.74, 6) is 0.0450. The van der Waals surface area contributed by atoms with E-state index in [1.807, 2.05) is 13.0 Å². The first kappa shape index (κ1) is 18.6. The molecule has 1 amide bonds. The maximum atomic E-state index is 12.6. The molecule has 0 aromatic heterocycles. The monoisotopic (exact) mass is 350 g/mol. The van der Waals surface area contributed by atoms with Crippen LogP contribution in [0.3, 0.4) is 0 Å². The molecular weight excluding hydrogens is 331 g/mol. The van der Waals surface area contributed by atoms with Crippen LogP contribution in [0.25, 0.3) is 0 Å². The maximum absolute atomic E-state index is 12.6. The fraction of sp³-hybridized carbons (Fsp3) is 0.533. The molecule has 0 spiro atoms. The van der Waals surface area contributed by atoms with E-state index in [0.29, 0.717) is 23.1 Å². The van der Waals surface area contributed by atoms with Crippen LogP contribution in [0.2, 0.25) is 10.0 Å². The van der Waals surface area contributed by atoms with Gasteiger partial charge in [-0.25, -0.2) is 0 Å². The van der Waals surface area contributed by atoms with Crippen molar-refractivity contribution in [3.8, 4) is 0 Å². The summed E-state index contributed by atoms with van der Waals surface area (Å²) in [6.45, 7) is 3.12. The number of rotatable bonds is 4. The minimum Gasteiger partial charge on any atom is -0.337 e. The van der Waals surface area contributed by atoms with Crippen LogP contribution in [0.15, 0.2) is 18.2 Å². The predicted octanol–water partition coefficient (Wildman–Crippen LogP) is 4.04. The summed E-state index contributed by atoms with van der Waals surface area (Å²) in [7, 11) is 0. The van der Waals surface area contributed by atoms with E-state index < -0.39 is 5.54 Å². The van der Waals surface area contributed by atoms with E-state index in [2.05, 4.69) is 0 Å². The topological polar surface area (TPSA) is 46.3 Å². The van der Waals surface area contributed by atoms with Gasteiger partial charge in [0.25, 0.3) is 0 Å². The molecule has 0 aliphatic heterocycles. The summed E-state index contributed by atoms with van der Waals surface area (Å²) >= 11 is 11.9. The first-order valence-corrected chi connectivity index (χ1v) is 7.74. The van der Waals surface area contributed by atoms with Crippen molar-refractivity contribution in [1.82, 2.24) is 4.90 Å². The standard InChI is InChI=1S/C15H20Cl2N2O.ClH/c1-2-19(14(20)15(18)7-3-4-8-15)10-11-5-6-12(16)13(17)9-11;/h5-6,9H,2-4,7-8,10,18H2,1H3;1H. The Morgan fingerprint density at radius 1 is 1.29 bits per heavy atom. The van der Waals surface area contributed by atoms with Gasteiger partial charge in [0, 0.05) is 13.1 Å². The Labute approximate surface area is 142 Å². The highest BCUT2D eigenvalue weighted by atomic mass is 35.5.